The Labute approximate surface area is 168 Å². The zero-order valence-corrected chi connectivity index (χ0v) is 17.4. The van der Waals surface area contributed by atoms with E-state index in [0.717, 1.165) is 33.4 Å². The summed E-state index contributed by atoms with van der Waals surface area (Å²) in [5.74, 6) is -0.0516. The van der Waals surface area contributed by atoms with Gasteiger partial charge in [-0.3, -0.25) is 9.69 Å². The number of para-hydroxylation sites is 1. The van der Waals surface area contributed by atoms with E-state index in [9.17, 15) is 4.79 Å². The predicted octanol–water partition coefficient (Wildman–Crippen LogP) is 5.51. The van der Waals surface area contributed by atoms with Crippen molar-refractivity contribution in [3.63, 3.8) is 0 Å². The summed E-state index contributed by atoms with van der Waals surface area (Å²) < 4.78 is 2.74. The lowest BCUT2D eigenvalue weighted by atomic mass is 10.1. The van der Waals surface area contributed by atoms with Crippen LogP contribution in [-0.4, -0.2) is 14.8 Å². The Morgan fingerprint density at radius 3 is 2.56 bits per heavy atom. The van der Waals surface area contributed by atoms with Crippen molar-refractivity contribution >= 4 is 56.9 Å². The molecule has 0 unspecified atom stereocenters. The largest absolute Gasteiger partial charge is 0.347 e. The van der Waals surface area contributed by atoms with E-state index in [-0.39, 0.29) is 5.91 Å². The monoisotopic (exact) mass is 392 g/mol. The average Bonchev–Trinajstić information content (AvgIpc) is 3.05. The minimum atomic E-state index is -0.0516. The van der Waals surface area contributed by atoms with Crippen molar-refractivity contribution < 1.29 is 4.79 Å². The van der Waals surface area contributed by atoms with Gasteiger partial charge in [0.05, 0.1) is 10.6 Å². The van der Waals surface area contributed by atoms with Crippen LogP contribution in [-0.2, 0) is 11.8 Å². The third-order valence-corrected chi connectivity index (χ3v) is 6.41. The van der Waals surface area contributed by atoms with Gasteiger partial charge in [-0.1, -0.05) is 59.9 Å². The molecule has 3 nitrogen and oxygen atoms in total. The lowest BCUT2D eigenvalue weighted by molar-refractivity contribution is -0.113. The maximum Gasteiger partial charge on any atom is 0.270 e. The molecule has 0 saturated carbocycles. The molecule has 2 heterocycles. The second-order valence-electron chi connectivity index (χ2n) is 6.88. The maximum absolute atomic E-state index is 13.2. The fourth-order valence-electron chi connectivity index (χ4n) is 3.60. The van der Waals surface area contributed by atoms with Crippen LogP contribution in [0.3, 0.4) is 0 Å². The third kappa shape index (κ3) is 2.91. The van der Waals surface area contributed by atoms with E-state index in [4.69, 9.17) is 12.2 Å². The number of hydrogen-bond acceptors (Lipinski definition) is 3. The Morgan fingerprint density at radius 2 is 1.81 bits per heavy atom. The van der Waals surface area contributed by atoms with Crippen LogP contribution in [0.1, 0.15) is 22.4 Å². The van der Waals surface area contributed by atoms with Crippen LogP contribution in [0.25, 0.3) is 17.0 Å². The van der Waals surface area contributed by atoms with Crippen LogP contribution in [0.4, 0.5) is 5.69 Å². The van der Waals surface area contributed by atoms with Crippen molar-refractivity contribution in [3.05, 3.63) is 69.8 Å². The molecule has 5 heteroatoms. The quantitative estimate of drug-likeness (QED) is 0.425. The normalized spacial score (nSPS) is 16.1. The first-order valence-electron chi connectivity index (χ1n) is 8.77. The molecule has 1 saturated heterocycles. The van der Waals surface area contributed by atoms with Gasteiger partial charge in [0.1, 0.15) is 0 Å². The summed E-state index contributed by atoms with van der Waals surface area (Å²) in [5, 5.41) is 1.15. The van der Waals surface area contributed by atoms with Crippen molar-refractivity contribution in [1.29, 1.82) is 0 Å². The molecular weight excluding hydrogens is 372 g/mol. The summed E-state index contributed by atoms with van der Waals surface area (Å²) >= 11 is 6.91. The number of fused-ring (bicyclic) bond motifs is 1. The Kier molecular flexibility index (Phi) is 4.44. The number of nitrogens with zero attached hydrogens (tertiary/aromatic N) is 2. The number of anilines is 1. The highest BCUT2D eigenvalue weighted by Gasteiger charge is 2.34. The van der Waals surface area contributed by atoms with Gasteiger partial charge in [0, 0.05) is 29.2 Å². The molecule has 3 aromatic rings. The molecule has 1 amide bonds. The third-order valence-electron chi connectivity index (χ3n) is 5.11. The first-order chi connectivity index (χ1) is 12.9. The second-order valence-corrected chi connectivity index (χ2v) is 8.56. The summed E-state index contributed by atoms with van der Waals surface area (Å²) in [6.45, 7) is 6.14. The van der Waals surface area contributed by atoms with Gasteiger partial charge >= 0.3 is 0 Å². The van der Waals surface area contributed by atoms with E-state index in [1.807, 2.05) is 44.2 Å². The Balaban J connectivity index is 1.80. The summed E-state index contributed by atoms with van der Waals surface area (Å²) in [6, 6.07) is 14.3. The van der Waals surface area contributed by atoms with E-state index < -0.39 is 0 Å². The standard InChI is InChI=1S/C22H20N2OS2/c1-13-9-10-18(14(2)11-13)24-21(25)20(27-22(24)26)12-17-15(3)23(4)19-8-6-5-7-16(17)19/h5-12H,1-4H3/b20-12+. The molecule has 0 bridgehead atoms. The van der Waals surface area contributed by atoms with Gasteiger partial charge in [0.25, 0.3) is 5.91 Å². The number of hydrogen-bond donors (Lipinski definition) is 0. The van der Waals surface area contributed by atoms with Gasteiger partial charge in [0.15, 0.2) is 4.32 Å². The van der Waals surface area contributed by atoms with E-state index in [0.29, 0.717) is 9.23 Å². The number of aromatic nitrogens is 1. The molecule has 0 aliphatic carbocycles. The Hall–Kier alpha value is -2.37. The molecule has 4 rings (SSSR count). The van der Waals surface area contributed by atoms with Gasteiger partial charge in [-0.15, -0.1) is 0 Å². The topological polar surface area (TPSA) is 25.2 Å². The lowest BCUT2D eigenvalue weighted by Crippen LogP contribution is -2.28. The molecule has 2 aromatic carbocycles. The fraction of sp³-hybridized carbons (Fsp3) is 0.182. The first-order valence-corrected chi connectivity index (χ1v) is 10.00. The summed E-state index contributed by atoms with van der Waals surface area (Å²) in [5.41, 5.74) is 6.45. The van der Waals surface area contributed by atoms with Crippen molar-refractivity contribution in [2.24, 2.45) is 7.05 Å². The van der Waals surface area contributed by atoms with Crippen molar-refractivity contribution in [2.75, 3.05) is 4.90 Å². The highest BCUT2D eigenvalue weighted by Crippen LogP contribution is 2.39. The molecule has 1 aliphatic heterocycles. The van der Waals surface area contributed by atoms with Crippen LogP contribution in [0, 0.1) is 20.8 Å². The second kappa shape index (κ2) is 6.66. The van der Waals surface area contributed by atoms with Gasteiger partial charge in [-0.25, -0.2) is 0 Å². The number of rotatable bonds is 2. The minimum absolute atomic E-state index is 0.0516. The molecule has 136 valence electrons. The van der Waals surface area contributed by atoms with Crippen molar-refractivity contribution in [2.45, 2.75) is 20.8 Å². The van der Waals surface area contributed by atoms with E-state index >= 15 is 0 Å². The number of thioether (sulfide) groups is 1. The van der Waals surface area contributed by atoms with Gasteiger partial charge in [-0.05, 0) is 44.5 Å². The van der Waals surface area contributed by atoms with Crippen LogP contribution in [0.2, 0.25) is 0 Å². The smallest absolute Gasteiger partial charge is 0.270 e. The Bertz CT molecular complexity index is 1140. The molecule has 1 aromatic heterocycles. The maximum atomic E-state index is 13.2. The molecule has 0 spiro atoms. The molecule has 1 fully saturated rings. The number of benzene rings is 2. The van der Waals surface area contributed by atoms with Crippen molar-refractivity contribution in [3.8, 4) is 0 Å². The predicted molar refractivity (Wildman–Crippen MR) is 119 cm³/mol. The van der Waals surface area contributed by atoms with Crippen LogP contribution >= 0.6 is 24.0 Å². The van der Waals surface area contributed by atoms with Crippen LogP contribution < -0.4 is 4.90 Å². The fourth-order valence-corrected chi connectivity index (χ4v) is 4.86. The Morgan fingerprint density at radius 1 is 1.07 bits per heavy atom. The molecular formula is C22H20N2OS2. The average molecular weight is 393 g/mol. The SMILES string of the molecule is Cc1ccc(N2C(=O)/C(=C\c3c(C)n(C)c4ccccc34)SC2=S)c(C)c1. The van der Waals surface area contributed by atoms with Crippen LogP contribution in [0.15, 0.2) is 47.4 Å². The number of aryl methyl sites for hydroxylation is 3. The molecule has 27 heavy (non-hydrogen) atoms. The van der Waals surface area contributed by atoms with Gasteiger partial charge in [0.2, 0.25) is 0 Å². The number of carbonyl (C=O) groups excluding carboxylic acids is 1. The minimum Gasteiger partial charge on any atom is -0.347 e. The first kappa shape index (κ1) is 18.0. The summed E-state index contributed by atoms with van der Waals surface area (Å²) in [6.07, 6.45) is 1.99. The summed E-state index contributed by atoms with van der Waals surface area (Å²) in [7, 11) is 2.05. The van der Waals surface area contributed by atoms with Crippen molar-refractivity contribution in [1.82, 2.24) is 4.57 Å². The lowest BCUT2D eigenvalue weighted by Gasteiger charge is -2.17. The zero-order chi connectivity index (χ0) is 19.3. The zero-order valence-electron chi connectivity index (χ0n) is 15.7. The van der Waals surface area contributed by atoms with Gasteiger partial charge < -0.3 is 4.57 Å². The van der Waals surface area contributed by atoms with Crippen LogP contribution in [0.5, 0.6) is 0 Å². The number of amides is 1. The number of carbonyl (C=O) groups is 1. The van der Waals surface area contributed by atoms with E-state index in [1.54, 1.807) is 4.90 Å². The molecule has 0 radical (unpaired) electrons. The van der Waals surface area contributed by atoms with Gasteiger partial charge in [-0.2, -0.15) is 0 Å². The number of thiocarbonyl (C=S) groups is 1. The van der Waals surface area contributed by atoms with E-state index in [2.05, 4.69) is 36.7 Å². The highest BCUT2D eigenvalue weighted by molar-refractivity contribution is 8.27. The molecule has 0 atom stereocenters. The van der Waals surface area contributed by atoms with E-state index in [1.165, 1.54) is 17.3 Å². The highest BCUT2D eigenvalue weighted by atomic mass is 32.2. The summed E-state index contributed by atoms with van der Waals surface area (Å²) in [4.78, 5) is 15.5. The molecule has 0 N–H and O–H groups in total. The molecule has 1 aliphatic rings.